The van der Waals surface area contributed by atoms with Crippen LogP contribution in [-0.4, -0.2) is 16.7 Å². The number of halogens is 3. The summed E-state index contributed by atoms with van der Waals surface area (Å²) in [4.78, 5) is 12.5. The molecule has 2 heterocycles. The van der Waals surface area contributed by atoms with E-state index in [0.29, 0.717) is 22.2 Å². The standard InChI is InChI=1S/C25H16BrCl2N3O2/c26-18-6-8-23-16(9-18)10-24(33-23)25(32)30-29-12-17-14-31(22-4-2-1-3-20(17)22)13-15-5-7-19(27)11-21(15)28/h1-12,14H,13H2,(H,30,32)/b29-12+. The smallest absolute Gasteiger partial charge is 0.307 e. The Morgan fingerprint density at radius 2 is 1.94 bits per heavy atom. The van der Waals surface area contributed by atoms with Crippen LogP contribution in [0, 0.1) is 0 Å². The van der Waals surface area contributed by atoms with Crippen LogP contribution in [0.5, 0.6) is 0 Å². The molecule has 0 unspecified atom stereocenters. The third-order valence-corrected chi connectivity index (χ3v) is 6.33. The van der Waals surface area contributed by atoms with Gasteiger partial charge in [-0.2, -0.15) is 5.10 Å². The minimum absolute atomic E-state index is 0.194. The number of aromatic nitrogens is 1. The molecule has 0 spiro atoms. The molecule has 164 valence electrons. The molecule has 0 atom stereocenters. The van der Waals surface area contributed by atoms with E-state index in [0.717, 1.165) is 31.9 Å². The lowest BCUT2D eigenvalue weighted by molar-refractivity contribution is 0.0929. The van der Waals surface area contributed by atoms with E-state index in [-0.39, 0.29) is 5.76 Å². The van der Waals surface area contributed by atoms with Gasteiger partial charge < -0.3 is 8.98 Å². The predicted molar refractivity (Wildman–Crippen MR) is 136 cm³/mol. The Morgan fingerprint density at radius 3 is 2.79 bits per heavy atom. The van der Waals surface area contributed by atoms with Crippen molar-refractivity contribution in [1.29, 1.82) is 0 Å². The number of carbonyl (C=O) groups excluding carboxylic acids is 1. The van der Waals surface area contributed by atoms with E-state index >= 15 is 0 Å². The molecular formula is C25H16BrCl2N3O2. The summed E-state index contributed by atoms with van der Waals surface area (Å²) in [6.45, 7) is 0.575. The second kappa shape index (κ2) is 9.06. The zero-order chi connectivity index (χ0) is 22.9. The molecule has 33 heavy (non-hydrogen) atoms. The van der Waals surface area contributed by atoms with Crippen LogP contribution in [0.25, 0.3) is 21.9 Å². The summed E-state index contributed by atoms with van der Waals surface area (Å²) < 4.78 is 8.62. The average Bonchev–Trinajstić information content (AvgIpc) is 3.37. The number of para-hydroxylation sites is 1. The molecule has 0 aliphatic carbocycles. The second-order valence-corrected chi connectivity index (χ2v) is 9.22. The molecule has 0 radical (unpaired) electrons. The maximum Gasteiger partial charge on any atom is 0.307 e. The first-order chi connectivity index (χ1) is 16.0. The van der Waals surface area contributed by atoms with E-state index in [9.17, 15) is 4.79 Å². The Labute approximate surface area is 207 Å². The Morgan fingerprint density at radius 1 is 1.09 bits per heavy atom. The van der Waals surface area contributed by atoms with Gasteiger partial charge in [-0.1, -0.05) is 63.4 Å². The number of rotatable bonds is 5. The number of benzene rings is 3. The van der Waals surface area contributed by atoms with Gasteiger partial charge in [0, 0.05) is 49.1 Å². The molecule has 5 rings (SSSR count). The summed E-state index contributed by atoms with van der Waals surface area (Å²) in [7, 11) is 0. The molecule has 2 aromatic heterocycles. The highest BCUT2D eigenvalue weighted by Crippen LogP contribution is 2.26. The zero-order valence-electron chi connectivity index (χ0n) is 17.1. The molecule has 1 amide bonds. The van der Waals surface area contributed by atoms with Crippen LogP contribution in [0.1, 0.15) is 21.7 Å². The number of fused-ring (bicyclic) bond motifs is 2. The van der Waals surface area contributed by atoms with Crippen molar-refractivity contribution in [1.82, 2.24) is 9.99 Å². The fourth-order valence-electron chi connectivity index (χ4n) is 3.68. The maximum absolute atomic E-state index is 12.5. The van der Waals surface area contributed by atoms with Crippen molar-refractivity contribution in [2.24, 2.45) is 5.10 Å². The number of hydrazone groups is 1. The van der Waals surface area contributed by atoms with E-state index in [2.05, 4.69) is 31.0 Å². The summed E-state index contributed by atoms with van der Waals surface area (Å²) in [6.07, 6.45) is 3.60. The third kappa shape index (κ3) is 4.55. The first kappa shape index (κ1) is 21.8. The highest BCUT2D eigenvalue weighted by atomic mass is 79.9. The van der Waals surface area contributed by atoms with Gasteiger partial charge in [0.2, 0.25) is 0 Å². The fraction of sp³-hybridized carbons (Fsp3) is 0.0400. The van der Waals surface area contributed by atoms with Gasteiger partial charge in [0.05, 0.1) is 6.21 Å². The zero-order valence-corrected chi connectivity index (χ0v) is 20.2. The van der Waals surface area contributed by atoms with Crippen molar-refractivity contribution in [3.05, 3.63) is 104 Å². The van der Waals surface area contributed by atoms with Gasteiger partial charge in [0.1, 0.15) is 5.58 Å². The van der Waals surface area contributed by atoms with Crippen molar-refractivity contribution in [2.45, 2.75) is 6.54 Å². The van der Waals surface area contributed by atoms with E-state index in [4.69, 9.17) is 27.6 Å². The first-order valence-electron chi connectivity index (χ1n) is 10.0. The second-order valence-electron chi connectivity index (χ2n) is 7.46. The number of nitrogens with zero attached hydrogens (tertiary/aromatic N) is 2. The highest BCUT2D eigenvalue weighted by molar-refractivity contribution is 9.10. The highest BCUT2D eigenvalue weighted by Gasteiger charge is 2.13. The molecule has 0 saturated heterocycles. The normalized spacial score (nSPS) is 11.6. The molecule has 0 aliphatic rings. The van der Waals surface area contributed by atoms with Gasteiger partial charge in [-0.25, -0.2) is 5.43 Å². The Bertz CT molecular complexity index is 1540. The lowest BCUT2D eigenvalue weighted by Crippen LogP contribution is -2.16. The summed E-state index contributed by atoms with van der Waals surface area (Å²) in [5, 5.41) is 7.21. The van der Waals surface area contributed by atoms with Crippen LogP contribution < -0.4 is 5.43 Å². The molecule has 5 aromatic rings. The quantitative estimate of drug-likeness (QED) is 0.188. The average molecular weight is 541 g/mol. The van der Waals surface area contributed by atoms with Gasteiger partial charge in [0.15, 0.2) is 5.76 Å². The first-order valence-corrected chi connectivity index (χ1v) is 11.6. The van der Waals surface area contributed by atoms with Crippen LogP contribution in [0.4, 0.5) is 0 Å². The van der Waals surface area contributed by atoms with Crippen molar-refractivity contribution < 1.29 is 9.21 Å². The van der Waals surface area contributed by atoms with Crippen molar-refractivity contribution in [3.63, 3.8) is 0 Å². The van der Waals surface area contributed by atoms with Crippen molar-refractivity contribution >= 4 is 73.1 Å². The monoisotopic (exact) mass is 539 g/mol. The van der Waals surface area contributed by atoms with Gasteiger partial charge >= 0.3 is 5.91 Å². The molecule has 1 N–H and O–H groups in total. The number of amides is 1. The van der Waals surface area contributed by atoms with Crippen LogP contribution in [0.3, 0.4) is 0 Å². The molecule has 0 saturated carbocycles. The summed E-state index contributed by atoms with van der Waals surface area (Å²) in [6, 6.07) is 20.7. The lowest BCUT2D eigenvalue weighted by atomic mass is 10.2. The fourth-order valence-corrected chi connectivity index (χ4v) is 4.53. The van der Waals surface area contributed by atoms with E-state index in [1.165, 1.54) is 0 Å². The van der Waals surface area contributed by atoms with E-state index in [1.54, 1.807) is 24.4 Å². The topological polar surface area (TPSA) is 59.5 Å². The minimum Gasteiger partial charge on any atom is -0.451 e. The number of hydrogen-bond donors (Lipinski definition) is 1. The lowest BCUT2D eigenvalue weighted by Gasteiger charge is -2.08. The summed E-state index contributed by atoms with van der Waals surface area (Å²) >= 11 is 15.8. The molecule has 0 aliphatic heterocycles. The number of nitrogens with one attached hydrogen (secondary N) is 1. The largest absolute Gasteiger partial charge is 0.451 e. The third-order valence-electron chi connectivity index (χ3n) is 5.25. The number of furan rings is 1. The van der Waals surface area contributed by atoms with Crippen LogP contribution in [0.2, 0.25) is 10.0 Å². The summed E-state index contributed by atoms with van der Waals surface area (Å²) in [5.74, 6) is -0.227. The number of carbonyl (C=O) groups is 1. The Hall–Kier alpha value is -3.06. The molecule has 0 fully saturated rings. The van der Waals surface area contributed by atoms with Crippen LogP contribution in [0.15, 0.2) is 86.9 Å². The van der Waals surface area contributed by atoms with E-state index < -0.39 is 5.91 Å². The van der Waals surface area contributed by atoms with Gasteiger partial charge in [-0.3, -0.25) is 4.79 Å². The van der Waals surface area contributed by atoms with Crippen LogP contribution >= 0.6 is 39.1 Å². The molecule has 3 aromatic carbocycles. The van der Waals surface area contributed by atoms with Gasteiger partial charge in [0.25, 0.3) is 0 Å². The van der Waals surface area contributed by atoms with Crippen molar-refractivity contribution in [2.75, 3.05) is 0 Å². The minimum atomic E-state index is -0.421. The Balaban J connectivity index is 1.38. The Kier molecular flexibility index (Phi) is 5.98. The van der Waals surface area contributed by atoms with Crippen molar-refractivity contribution in [3.8, 4) is 0 Å². The molecular weight excluding hydrogens is 525 g/mol. The SMILES string of the molecule is O=C(N/N=C/c1cn(Cc2ccc(Cl)cc2Cl)c2ccccc12)c1cc2cc(Br)ccc2o1. The molecule has 5 nitrogen and oxygen atoms in total. The van der Waals surface area contributed by atoms with E-state index in [1.807, 2.05) is 54.7 Å². The predicted octanol–water partition coefficient (Wildman–Crippen LogP) is 7.27. The van der Waals surface area contributed by atoms with Gasteiger partial charge in [-0.05, 0) is 48.0 Å². The van der Waals surface area contributed by atoms with Crippen LogP contribution in [-0.2, 0) is 6.54 Å². The molecule has 0 bridgehead atoms. The summed E-state index contributed by atoms with van der Waals surface area (Å²) in [5.41, 5.74) is 6.02. The molecule has 8 heteroatoms. The number of hydrogen-bond acceptors (Lipinski definition) is 3. The maximum atomic E-state index is 12.5. The van der Waals surface area contributed by atoms with Gasteiger partial charge in [-0.15, -0.1) is 0 Å².